The first-order chi connectivity index (χ1) is 10.5. The summed E-state index contributed by atoms with van der Waals surface area (Å²) < 4.78 is 10.9. The largest absolute Gasteiger partial charge is 0.493 e. The van der Waals surface area contributed by atoms with Crippen LogP contribution in [0.25, 0.3) is 6.08 Å². The molecule has 0 saturated carbocycles. The third-order valence-electron chi connectivity index (χ3n) is 2.86. The molecule has 0 unspecified atom stereocenters. The van der Waals surface area contributed by atoms with E-state index in [1.165, 1.54) is 13.2 Å². The van der Waals surface area contributed by atoms with E-state index in [1.807, 2.05) is 14.1 Å². The van der Waals surface area contributed by atoms with Gasteiger partial charge in [0, 0.05) is 6.54 Å². The molecule has 0 amide bonds. The van der Waals surface area contributed by atoms with Crippen LogP contribution in [0.1, 0.15) is 12.0 Å². The number of hydrogen-bond acceptors (Lipinski definition) is 5. The number of benzene rings is 1. The summed E-state index contributed by atoms with van der Waals surface area (Å²) in [6.45, 7) is 1.48. The van der Waals surface area contributed by atoms with Crippen molar-refractivity contribution in [3.63, 3.8) is 0 Å². The number of nitrogens with zero attached hydrogens (tertiary/aromatic N) is 2. The highest BCUT2D eigenvalue weighted by atomic mass is 16.5. The molecule has 0 aliphatic heterocycles. The third kappa shape index (κ3) is 5.46. The van der Waals surface area contributed by atoms with E-state index in [0.29, 0.717) is 23.7 Å². The predicted octanol–water partition coefficient (Wildman–Crippen LogP) is 2.02. The van der Waals surface area contributed by atoms with Gasteiger partial charge in [-0.2, -0.15) is 5.26 Å². The number of methoxy groups -OCH3 is 1. The van der Waals surface area contributed by atoms with Crippen LogP contribution < -0.4 is 9.47 Å². The maximum absolute atomic E-state index is 10.8. The summed E-state index contributed by atoms with van der Waals surface area (Å²) in [6.07, 6.45) is 2.18. The van der Waals surface area contributed by atoms with E-state index in [-0.39, 0.29) is 5.57 Å². The fraction of sp³-hybridized carbons (Fsp3) is 0.375. The average Bonchev–Trinajstić information content (AvgIpc) is 2.49. The Morgan fingerprint density at radius 1 is 1.41 bits per heavy atom. The van der Waals surface area contributed by atoms with Crippen molar-refractivity contribution < 1.29 is 19.4 Å². The SMILES string of the molecule is COc1cc(C=C(C#N)C(=O)O)ccc1OCCCN(C)C. The highest BCUT2D eigenvalue weighted by Crippen LogP contribution is 2.29. The molecular weight excluding hydrogens is 284 g/mol. The molecule has 6 nitrogen and oxygen atoms in total. The first-order valence-corrected chi connectivity index (χ1v) is 6.78. The Labute approximate surface area is 130 Å². The monoisotopic (exact) mass is 304 g/mol. The Hall–Kier alpha value is -2.52. The van der Waals surface area contributed by atoms with Crippen LogP contribution in [0.2, 0.25) is 0 Å². The van der Waals surface area contributed by atoms with E-state index in [4.69, 9.17) is 19.8 Å². The van der Waals surface area contributed by atoms with Gasteiger partial charge in [-0.25, -0.2) is 4.79 Å². The van der Waals surface area contributed by atoms with E-state index in [1.54, 1.807) is 24.3 Å². The molecule has 0 atom stereocenters. The summed E-state index contributed by atoms with van der Waals surface area (Å²) in [6, 6.07) is 6.67. The molecule has 0 heterocycles. The summed E-state index contributed by atoms with van der Waals surface area (Å²) in [5.41, 5.74) is 0.234. The lowest BCUT2D eigenvalue weighted by Gasteiger charge is -2.13. The van der Waals surface area contributed by atoms with Gasteiger partial charge in [0.15, 0.2) is 11.5 Å². The van der Waals surface area contributed by atoms with Gasteiger partial charge < -0.3 is 19.5 Å². The summed E-state index contributed by atoms with van der Waals surface area (Å²) in [5, 5.41) is 17.6. The number of carbonyl (C=O) groups is 1. The molecule has 1 N–H and O–H groups in total. The van der Waals surface area contributed by atoms with Crippen LogP contribution >= 0.6 is 0 Å². The Morgan fingerprint density at radius 3 is 2.68 bits per heavy atom. The average molecular weight is 304 g/mol. The quantitative estimate of drug-likeness (QED) is 0.449. The van der Waals surface area contributed by atoms with Crippen LogP contribution in [0, 0.1) is 11.3 Å². The molecule has 0 radical (unpaired) electrons. The third-order valence-corrected chi connectivity index (χ3v) is 2.86. The summed E-state index contributed by atoms with van der Waals surface area (Å²) >= 11 is 0. The Bertz CT molecular complexity index is 588. The van der Waals surface area contributed by atoms with Gasteiger partial charge in [0.2, 0.25) is 0 Å². The van der Waals surface area contributed by atoms with Gasteiger partial charge >= 0.3 is 5.97 Å². The molecule has 0 fully saturated rings. The van der Waals surface area contributed by atoms with Gasteiger partial charge in [-0.05, 0) is 44.3 Å². The van der Waals surface area contributed by atoms with Crippen LogP contribution in [0.5, 0.6) is 11.5 Å². The van der Waals surface area contributed by atoms with E-state index in [2.05, 4.69) is 4.90 Å². The van der Waals surface area contributed by atoms with Crippen molar-refractivity contribution in [1.29, 1.82) is 5.26 Å². The summed E-state index contributed by atoms with van der Waals surface area (Å²) in [7, 11) is 5.51. The fourth-order valence-corrected chi connectivity index (χ4v) is 1.76. The Morgan fingerprint density at radius 2 is 2.14 bits per heavy atom. The Kier molecular flexibility index (Phi) is 6.93. The normalized spacial score (nSPS) is 11.1. The molecule has 0 aliphatic carbocycles. The van der Waals surface area contributed by atoms with Crippen LogP contribution in [-0.2, 0) is 4.79 Å². The second-order valence-corrected chi connectivity index (χ2v) is 4.89. The van der Waals surface area contributed by atoms with E-state index in [9.17, 15) is 4.79 Å². The van der Waals surface area contributed by atoms with E-state index >= 15 is 0 Å². The number of carboxylic acid groups (broad SMARTS) is 1. The highest BCUT2D eigenvalue weighted by molar-refractivity contribution is 5.96. The van der Waals surface area contributed by atoms with Crippen molar-refractivity contribution >= 4 is 12.0 Å². The van der Waals surface area contributed by atoms with Gasteiger partial charge in [0.05, 0.1) is 13.7 Å². The van der Waals surface area contributed by atoms with Crippen molar-refractivity contribution in [2.24, 2.45) is 0 Å². The van der Waals surface area contributed by atoms with Gasteiger partial charge in [0.1, 0.15) is 11.6 Å². The minimum absolute atomic E-state index is 0.332. The van der Waals surface area contributed by atoms with Crippen molar-refractivity contribution in [2.75, 3.05) is 34.4 Å². The first kappa shape index (κ1) is 17.5. The number of hydrogen-bond donors (Lipinski definition) is 1. The van der Waals surface area contributed by atoms with E-state index in [0.717, 1.165) is 13.0 Å². The summed E-state index contributed by atoms with van der Waals surface area (Å²) in [5.74, 6) is -0.168. The maximum atomic E-state index is 10.8. The predicted molar refractivity (Wildman–Crippen MR) is 82.9 cm³/mol. The number of carboxylic acids is 1. The van der Waals surface area contributed by atoms with Gasteiger partial charge in [0.25, 0.3) is 0 Å². The number of nitriles is 1. The number of rotatable bonds is 8. The molecule has 0 aliphatic rings. The molecule has 118 valence electrons. The van der Waals surface area contributed by atoms with Crippen molar-refractivity contribution in [3.05, 3.63) is 29.3 Å². The van der Waals surface area contributed by atoms with Crippen LogP contribution in [0.3, 0.4) is 0 Å². The lowest BCUT2D eigenvalue weighted by Crippen LogP contribution is -2.15. The number of ether oxygens (including phenoxy) is 2. The van der Waals surface area contributed by atoms with Crippen molar-refractivity contribution in [2.45, 2.75) is 6.42 Å². The second kappa shape index (κ2) is 8.70. The maximum Gasteiger partial charge on any atom is 0.346 e. The zero-order chi connectivity index (χ0) is 16.5. The zero-order valence-electron chi connectivity index (χ0n) is 13.0. The topological polar surface area (TPSA) is 82.8 Å². The number of aliphatic carboxylic acids is 1. The lowest BCUT2D eigenvalue weighted by molar-refractivity contribution is -0.132. The molecule has 22 heavy (non-hydrogen) atoms. The van der Waals surface area contributed by atoms with Gasteiger partial charge in [-0.1, -0.05) is 6.07 Å². The van der Waals surface area contributed by atoms with Crippen molar-refractivity contribution in [3.8, 4) is 17.6 Å². The molecule has 0 spiro atoms. The highest BCUT2D eigenvalue weighted by Gasteiger charge is 2.09. The molecule has 6 heteroatoms. The van der Waals surface area contributed by atoms with Crippen LogP contribution in [0.15, 0.2) is 23.8 Å². The van der Waals surface area contributed by atoms with Gasteiger partial charge in [-0.15, -0.1) is 0 Å². The molecule has 0 saturated heterocycles. The van der Waals surface area contributed by atoms with Crippen LogP contribution in [-0.4, -0.2) is 50.3 Å². The minimum Gasteiger partial charge on any atom is -0.493 e. The molecule has 1 aromatic rings. The van der Waals surface area contributed by atoms with Crippen molar-refractivity contribution in [1.82, 2.24) is 4.90 Å². The second-order valence-electron chi connectivity index (χ2n) is 4.89. The summed E-state index contributed by atoms with van der Waals surface area (Å²) in [4.78, 5) is 12.9. The molecule has 1 aromatic carbocycles. The smallest absolute Gasteiger partial charge is 0.346 e. The standard InChI is InChI=1S/C16H20N2O4/c1-18(2)7-4-8-22-14-6-5-12(10-15(14)21-3)9-13(11-17)16(19)20/h5-6,9-10H,4,7-8H2,1-3H3,(H,19,20). The van der Waals surface area contributed by atoms with Gasteiger partial charge in [-0.3, -0.25) is 0 Å². The zero-order valence-corrected chi connectivity index (χ0v) is 13.0. The Balaban J connectivity index is 2.83. The lowest BCUT2D eigenvalue weighted by atomic mass is 10.1. The van der Waals surface area contributed by atoms with Crippen LogP contribution in [0.4, 0.5) is 0 Å². The molecular formula is C16H20N2O4. The molecule has 1 rings (SSSR count). The fourth-order valence-electron chi connectivity index (χ4n) is 1.76. The molecule has 0 aromatic heterocycles. The molecule has 0 bridgehead atoms. The first-order valence-electron chi connectivity index (χ1n) is 6.78. The van der Waals surface area contributed by atoms with E-state index < -0.39 is 5.97 Å². The minimum atomic E-state index is -1.26.